The van der Waals surface area contributed by atoms with Crippen molar-refractivity contribution in [3.05, 3.63) is 54.1 Å². The van der Waals surface area contributed by atoms with Crippen molar-refractivity contribution < 1.29 is 4.39 Å². The predicted octanol–water partition coefficient (Wildman–Crippen LogP) is 5.01. The molecular formula is C17H20FNS. The molecule has 106 valence electrons. The van der Waals surface area contributed by atoms with Gasteiger partial charge in [-0.3, -0.25) is 0 Å². The lowest BCUT2D eigenvalue weighted by molar-refractivity contribution is 0.400. The molecule has 0 heterocycles. The minimum absolute atomic E-state index is 0.489. The molecule has 0 fully saturated rings. The van der Waals surface area contributed by atoms with Gasteiger partial charge in [0.2, 0.25) is 0 Å². The summed E-state index contributed by atoms with van der Waals surface area (Å²) < 4.78 is 13.0. The van der Waals surface area contributed by atoms with Crippen LogP contribution in [-0.4, -0.2) is 11.9 Å². The lowest BCUT2D eigenvalue weighted by Gasteiger charge is -2.13. The lowest BCUT2D eigenvalue weighted by atomic mass is 10.0. The molecule has 1 atom stereocenters. The fraction of sp³-hybridized carbons (Fsp3) is 0.294. The summed E-state index contributed by atoms with van der Waals surface area (Å²) in [5, 5.41) is 0. The summed E-state index contributed by atoms with van der Waals surface area (Å²) in [6.45, 7) is 6.19. The first-order valence-corrected chi connectivity index (χ1v) is 7.80. The van der Waals surface area contributed by atoms with Crippen LogP contribution in [0.5, 0.6) is 0 Å². The maximum Gasteiger partial charge on any atom is 0.122 e. The van der Waals surface area contributed by atoms with Crippen molar-refractivity contribution >= 4 is 23.0 Å². The number of hydrogen-bond acceptors (Lipinski definition) is 2. The Balaban J connectivity index is 2.10. The topological polar surface area (TPSA) is 26.0 Å². The van der Waals surface area contributed by atoms with Crippen LogP contribution in [0.15, 0.2) is 53.5 Å². The van der Waals surface area contributed by atoms with E-state index in [4.69, 9.17) is 5.73 Å². The third-order valence-corrected chi connectivity index (χ3v) is 4.47. The van der Waals surface area contributed by atoms with E-state index < -0.39 is 6.17 Å². The lowest BCUT2D eigenvalue weighted by Crippen LogP contribution is -2.00. The summed E-state index contributed by atoms with van der Waals surface area (Å²) in [4.78, 5) is 1.18. The van der Waals surface area contributed by atoms with Gasteiger partial charge < -0.3 is 5.73 Å². The number of benzene rings is 1. The Morgan fingerprint density at radius 2 is 2.30 bits per heavy atom. The number of rotatable bonds is 5. The highest BCUT2D eigenvalue weighted by Crippen LogP contribution is 2.32. The summed E-state index contributed by atoms with van der Waals surface area (Å²) in [6.07, 6.45) is 6.06. The molecule has 0 saturated carbocycles. The number of anilines is 1. The number of nitrogen functional groups attached to an aromatic ring is 1. The van der Waals surface area contributed by atoms with Crippen molar-refractivity contribution in [2.45, 2.75) is 30.8 Å². The maximum atomic E-state index is 13.0. The molecule has 0 aromatic heterocycles. The van der Waals surface area contributed by atoms with Crippen molar-refractivity contribution in [2.24, 2.45) is 0 Å². The third-order valence-electron chi connectivity index (χ3n) is 3.33. The Labute approximate surface area is 124 Å². The van der Waals surface area contributed by atoms with Gasteiger partial charge in [-0.05, 0) is 41.3 Å². The van der Waals surface area contributed by atoms with Gasteiger partial charge in [-0.25, -0.2) is 4.39 Å². The van der Waals surface area contributed by atoms with Crippen LogP contribution in [0.1, 0.15) is 25.3 Å². The van der Waals surface area contributed by atoms with Crippen LogP contribution in [0.2, 0.25) is 0 Å². The molecule has 3 heteroatoms. The van der Waals surface area contributed by atoms with Crippen LogP contribution >= 0.6 is 11.8 Å². The van der Waals surface area contributed by atoms with Gasteiger partial charge in [-0.2, -0.15) is 0 Å². The fourth-order valence-corrected chi connectivity index (χ4v) is 3.11. The molecule has 2 N–H and O–H groups in total. The van der Waals surface area contributed by atoms with Crippen molar-refractivity contribution in [3.8, 4) is 0 Å². The monoisotopic (exact) mass is 289 g/mol. The second kappa shape index (κ2) is 6.80. The van der Waals surface area contributed by atoms with Gasteiger partial charge in [0.1, 0.15) is 6.17 Å². The highest BCUT2D eigenvalue weighted by Gasteiger charge is 2.10. The van der Waals surface area contributed by atoms with E-state index in [0.717, 1.165) is 29.0 Å². The first kappa shape index (κ1) is 14.9. The number of thioether (sulfide) groups is 1. The zero-order chi connectivity index (χ0) is 14.5. The second-order valence-corrected chi connectivity index (χ2v) is 5.91. The zero-order valence-corrected chi connectivity index (χ0v) is 12.5. The molecule has 0 bridgehead atoms. The fourth-order valence-electron chi connectivity index (χ4n) is 2.05. The highest BCUT2D eigenvalue weighted by molar-refractivity contribution is 7.99. The van der Waals surface area contributed by atoms with Crippen LogP contribution in [-0.2, 0) is 0 Å². The van der Waals surface area contributed by atoms with Crippen LogP contribution in [0.25, 0.3) is 5.57 Å². The van der Waals surface area contributed by atoms with Gasteiger partial charge >= 0.3 is 0 Å². The molecule has 0 saturated heterocycles. The van der Waals surface area contributed by atoms with Crippen LogP contribution < -0.4 is 5.73 Å². The normalized spacial score (nSPS) is 17.9. The molecule has 1 nitrogen and oxygen atoms in total. The van der Waals surface area contributed by atoms with Gasteiger partial charge in [0, 0.05) is 22.8 Å². The van der Waals surface area contributed by atoms with Crippen molar-refractivity contribution in [2.75, 3.05) is 11.5 Å². The molecule has 0 spiro atoms. The second-order valence-electron chi connectivity index (χ2n) is 4.89. The van der Waals surface area contributed by atoms with E-state index in [1.807, 2.05) is 30.4 Å². The zero-order valence-electron chi connectivity index (χ0n) is 11.7. The molecule has 1 aromatic carbocycles. The average molecular weight is 289 g/mol. The number of nitrogens with two attached hydrogens (primary N) is 1. The Morgan fingerprint density at radius 1 is 1.50 bits per heavy atom. The molecular weight excluding hydrogens is 269 g/mol. The number of allylic oxidation sites excluding steroid dienone is 4. The van der Waals surface area contributed by atoms with Gasteiger partial charge in [0.05, 0.1) is 0 Å². The molecule has 1 unspecified atom stereocenters. The summed E-state index contributed by atoms with van der Waals surface area (Å²) in [7, 11) is 0. The van der Waals surface area contributed by atoms with E-state index in [-0.39, 0.29) is 0 Å². The van der Waals surface area contributed by atoms with E-state index in [0.29, 0.717) is 6.42 Å². The summed E-state index contributed by atoms with van der Waals surface area (Å²) in [6, 6.07) is 5.94. The Morgan fingerprint density at radius 3 is 2.95 bits per heavy atom. The van der Waals surface area contributed by atoms with E-state index in [2.05, 4.69) is 13.5 Å². The smallest absolute Gasteiger partial charge is 0.122 e. The molecule has 2 rings (SSSR count). The minimum atomic E-state index is -0.823. The molecule has 20 heavy (non-hydrogen) atoms. The third kappa shape index (κ3) is 3.76. The summed E-state index contributed by atoms with van der Waals surface area (Å²) in [5.74, 6) is 0.844. The quantitative estimate of drug-likeness (QED) is 0.609. The summed E-state index contributed by atoms with van der Waals surface area (Å²) in [5.41, 5.74) is 10.0. The van der Waals surface area contributed by atoms with E-state index in [1.54, 1.807) is 17.8 Å². The SMILES string of the molecule is C=C(CC)c1cc(N)ccc1SCC1=CCC(F)C=C1. The number of halogens is 1. The number of alkyl halides is 1. The molecule has 0 radical (unpaired) electrons. The van der Waals surface area contributed by atoms with Crippen LogP contribution in [0.4, 0.5) is 10.1 Å². The molecule has 0 amide bonds. The Hall–Kier alpha value is -1.48. The van der Waals surface area contributed by atoms with Crippen molar-refractivity contribution in [1.29, 1.82) is 0 Å². The molecule has 1 aromatic rings. The highest BCUT2D eigenvalue weighted by atomic mass is 32.2. The maximum absolute atomic E-state index is 13.0. The van der Waals surface area contributed by atoms with Gasteiger partial charge in [0.25, 0.3) is 0 Å². The Kier molecular flexibility index (Phi) is 5.07. The van der Waals surface area contributed by atoms with Crippen molar-refractivity contribution in [1.82, 2.24) is 0 Å². The van der Waals surface area contributed by atoms with E-state index >= 15 is 0 Å². The molecule has 1 aliphatic carbocycles. The first-order valence-electron chi connectivity index (χ1n) is 6.82. The predicted molar refractivity (Wildman–Crippen MR) is 87.6 cm³/mol. The van der Waals surface area contributed by atoms with E-state index in [9.17, 15) is 4.39 Å². The molecule has 0 aliphatic heterocycles. The average Bonchev–Trinajstić information content (AvgIpc) is 2.46. The van der Waals surface area contributed by atoms with Gasteiger partial charge in [-0.1, -0.05) is 31.7 Å². The summed E-state index contributed by atoms with van der Waals surface area (Å²) >= 11 is 1.75. The van der Waals surface area contributed by atoms with Crippen molar-refractivity contribution in [3.63, 3.8) is 0 Å². The van der Waals surface area contributed by atoms with Gasteiger partial charge in [0.15, 0.2) is 0 Å². The molecule has 1 aliphatic rings. The van der Waals surface area contributed by atoms with Crippen LogP contribution in [0, 0.1) is 0 Å². The van der Waals surface area contributed by atoms with E-state index in [1.165, 1.54) is 10.5 Å². The number of hydrogen-bond donors (Lipinski definition) is 1. The first-order chi connectivity index (χ1) is 9.60. The van der Waals surface area contributed by atoms with Crippen LogP contribution in [0.3, 0.4) is 0 Å². The largest absolute Gasteiger partial charge is 0.399 e. The minimum Gasteiger partial charge on any atom is -0.399 e. The standard InChI is InChI=1S/C17H20FNS/c1-3-12(2)16-10-15(19)8-9-17(16)20-11-13-4-6-14(18)7-5-13/h4-6,8-10,14H,2-3,7,11,19H2,1H3. The Bertz CT molecular complexity index is 560. The van der Waals surface area contributed by atoms with Gasteiger partial charge in [-0.15, -0.1) is 11.8 Å².